The second-order valence-electron chi connectivity index (χ2n) is 10.3. The Morgan fingerprint density at radius 3 is 2.60 bits per heavy atom. The van der Waals surface area contributed by atoms with Gasteiger partial charge in [-0.2, -0.15) is 18.2 Å². The van der Waals surface area contributed by atoms with Crippen LogP contribution in [0.5, 0.6) is 5.75 Å². The second-order valence-corrected chi connectivity index (χ2v) is 11.2. The molecule has 0 radical (unpaired) electrons. The molecular weight excluding hydrogens is 566 g/mol. The van der Waals surface area contributed by atoms with E-state index >= 15 is 0 Å². The molecule has 0 spiro atoms. The van der Waals surface area contributed by atoms with Gasteiger partial charge in [-0.25, -0.2) is 4.98 Å². The highest BCUT2D eigenvalue weighted by molar-refractivity contribution is 7.31. The van der Waals surface area contributed by atoms with Crippen LogP contribution in [0.4, 0.5) is 36.3 Å². The number of rotatable bonds is 13. The molecule has 42 heavy (non-hydrogen) atoms. The fourth-order valence-electron chi connectivity index (χ4n) is 4.99. The van der Waals surface area contributed by atoms with Gasteiger partial charge in [-0.3, -0.25) is 4.79 Å². The van der Waals surface area contributed by atoms with E-state index in [-0.39, 0.29) is 23.5 Å². The normalized spacial score (nSPS) is 14.0. The summed E-state index contributed by atoms with van der Waals surface area (Å²) in [5.74, 6) is -0.0463. The molecule has 1 aliphatic rings. The molecule has 0 bridgehead atoms. The Morgan fingerprint density at radius 1 is 1.14 bits per heavy atom. The van der Waals surface area contributed by atoms with Crippen LogP contribution in [0.25, 0.3) is 0 Å². The molecule has 226 valence electrons. The van der Waals surface area contributed by atoms with E-state index in [1.165, 1.54) is 7.11 Å². The lowest BCUT2D eigenvalue weighted by Gasteiger charge is -2.19. The first kappa shape index (κ1) is 31.5. The average molecular weight is 604 g/mol. The summed E-state index contributed by atoms with van der Waals surface area (Å²) >= 11 is 0. The van der Waals surface area contributed by atoms with Crippen molar-refractivity contribution >= 4 is 37.9 Å². The van der Waals surface area contributed by atoms with Crippen molar-refractivity contribution < 1.29 is 27.2 Å². The fraction of sp³-hybridized carbons (Fsp3) is 0.433. The number of carbonyl (C=O) groups is 1. The summed E-state index contributed by atoms with van der Waals surface area (Å²) in [6.07, 6.45) is -0.211. The third-order valence-electron chi connectivity index (χ3n) is 7.21. The number of hydrogen-bond donors (Lipinski definition) is 2. The quantitative estimate of drug-likeness (QED) is 0.151. The smallest absolute Gasteiger partial charge is 0.421 e. The number of nitrogens with zero attached hydrogens (tertiary/aromatic N) is 3. The summed E-state index contributed by atoms with van der Waals surface area (Å²) in [4.78, 5) is 22.9. The lowest BCUT2D eigenvalue weighted by molar-refractivity contribution is -0.137. The van der Waals surface area contributed by atoms with E-state index in [2.05, 4.69) is 34.4 Å². The summed E-state index contributed by atoms with van der Waals surface area (Å²) in [6, 6.07) is 9.06. The van der Waals surface area contributed by atoms with Gasteiger partial charge in [0.05, 0.1) is 24.0 Å². The van der Waals surface area contributed by atoms with Crippen molar-refractivity contribution in [3.8, 4) is 5.75 Å². The standard InChI is InChI=1S/C30H37F3N5O3P/c1-6-8-9-18(3)20-11-13-24(26-21(20)16-38(4)28(26)39)35-27-22(30(31,32)33)15-34-29(37-27)36-23-12-10-19(14-25(23)40-5)17-42-41-7-2/h10-15,18,42H,6-9,16-17H2,1-5H3,(H2,34,35,36,37). The average Bonchev–Trinajstić information content (AvgIpc) is 3.26. The number of nitrogens with one attached hydrogen (secondary N) is 2. The van der Waals surface area contributed by atoms with E-state index in [0.717, 1.165) is 42.1 Å². The lowest BCUT2D eigenvalue weighted by atomic mass is 9.89. The topological polar surface area (TPSA) is 88.6 Å². The maximum atomic E-state index is 14.1. The SMILES string of the molecule is CCCCC(C)c1ccc(Nc2nc(Nc3ccc(CPOCC)cc3OC)ncc2C(F)(F)F)c2c1CN(C)C2=O. The van der Waals surface area contributed by atoms with Crippen LogP contribution in [0.15, 0.2) is 36.5 Å². The van der Waals surface area contributed by atoms with E-state index in [4.69, 9.17) is 9.26 Å². The van der Waals surface area contributed by atoms with Gasteiger partial charge in [0.2, 0.25) is 5.95 Å². The van der Waals surface area contributed by atoms with Crippen LogP contribution in [-0.4, -0.2) is 41.5 Å². The molecule has 0 aliphatic carbocycles. The summed E-state index contributed by atoms with van der Waals surface area (Å²) in [5, 5.41) is 5.81. The predicted octanol–water partition coefficient (Wildman–Crippen LogP) is 8.00. The first-order valence-corrected chi connectivity index (χ1v) is 15.1. The maximum Gasteiger partial charge on any atom is 0.421 e. The van der Waals surface area contributed by atoms with Gasteiger partial charge < -0.3 is 24.8 Å². The minimum atomic E-state index is -4.72. The number of hydrogen-bond acceptors (Lipinski definition) is 7. The van der Waals surface area contributed by atoms with Crippen LogP contribution in [0, 0.1) is 0 Å². The Kier molecular flexibility index (Phi) is 10.3. The van der Waals surface area contributed by atoms with Crippen molar-refractivity contribution in [1.82, 2.24) is 14.9 Å². The van der Waals surface area contributed by atoms with Gasteiger partial charge in [0.25, 0.3) is 5.91 Å². The number of carbonyl (C=O) groups excluding carboxylic acids is 1. The number of amides is 1. The minimum Gasteiger partial charge on any atom is -0.495 e. The molecule has 12 heteroatoms. The Bertz CT molecular complexity index is 1420. The number of alkyl halides is 3. The highest BCUT2D eigenvalue weighted by Crippen LogP contribution is 2.40. The van der Waals surface area contributed by atoms with Gasteiger partial charge in [-0.1, -0.05) is 38.8 Å². The molecule has 2 heterocycles. The molecule has 0 fully saturated rings. The number of halogens is 3. The lowest BCUT2D eigenvalue weighted by Crippen LogP contribution is -2.18. The zero-order valence-corrected chi connectivity index (χ0v) is 25.5. The zero-order valence-electron chi connectivity index (χ0n) is 24.5. The summed E-state index contributed by atoms with van der Waals surface area (Å²) in [7, 11) is 3.51. The summed E-state index contributed by atoms with van der Waals surface area (Å²) in [6.45, 7) is 7.21. The number of fused-ring (bicyclic) bond motifs is 1. The van der Waals surface area contributed by atoms with Crippen molar-refractivity contribution in [2.75, 3.05) is 31.4 Å². The van der Waals surface area contributed by atoms with Crippen molar-refractivity contribution in [2.45, 2.75) is 64.8 Å². The molecule has 8 nitrogen and oxygen atoms in total. The third-order valence-corrected chi connectivity index (χ3v) is 8.25. The van der Waals surface area contributed by atoms with Crippen molar-refractivity contribution in [3.05, 3.63) is 64.3 Å². The van der Waals surface area contributed by atoms with Crippen LogP contribution in [0.1, 0.15) is 78.6 Å². The van der Waals surface area contributed by atoms with Gasteiger partial charge in [0, 0.05) is 41.4 Å². The van der Waals surface area contributed by atoms with Crippen LogP contribution in [0.2, 0.25) is 0 Å². The van der Waals surface area contributed by atoms with E-state index in [9.17, 15) is 18.0 Å². The van der Waals surface area contributed by atoms with Gasteiger partial charge in [0.15, 0.2) is 0 Å². The molecule has 1 aliphatic heterocycles. The molecule has 3 aromatic rings. The number of benzene rings is 2. The molecule has 0 saturated carbocycles. The fourth-order valence-corrected chi connectivity index (χ4v) is 5.68. The summed E-state index contributed by atoms with van der Waals surface area (Å²) < 4.78 is 53.1. The number of ether oxygens (including phenoxy) is 1. The second kappa shape index (κ2) is 13.7. The first-order chi connectivity index (χ1) is 20.1. The Hall–Kier alpha value is -3.43. The monoisotopic (exact) mass is 603 g/mol. The van der Waals surface area contributed by atoms with Crippen LogP contribution >= 0.6 is 8.81 Å². The van der Waals surface area contributed by atoms with Gasteiger partial charge in [-0.05, 0) is 54.2 Å². The Labute approximate surface area is 246 Å². The summed E-state index contributed by atoms with van der Waals surface area (Å²) in [5.41, 5.74) is 2.99. The predicted molar refractivity (Wildman–Crippen MR) is 160 cm³/mol. The van der Waals surface area contributed by atoms with Crippen LogP contribution < -0.4 is 15.4 Å². The molecule has 1 amide bonds. The van der Waals surface area contributed by atoms with E-state index in [0.29, 0.717) is 45.1 Å². The largest absolute Gasteiger partial charge is 0.495 e. The number of methoxy groups -OCH3 is 1. The maximum absolute atomic E-state index is 14.1. The highest BCUT2D eigenvalue weighted by Gasteiger charge is 2.37. The van der Waals surface area contributed by atoms with Crippen molar-refractivity contribution in [3.63, 3.8) is 0 Å². The number of unbranched alkanes of at least 4 members (excludes halogenated alkanes) is 1. The third kappa shape index (κ3) is 7.13. The molecule has 2 N–H and O–H groups in total. The molecule has 4 rings (SSSR count). The number of aromatic nitrogens is 2. The van der Waals surface area contributed by atoms with E-state index in [1.807, 2.05) is 25.1 Å². The van der Waals surface area contributed by atoms with E-state index < -0.39 is 17.6 Å². The van der Waals surface area contributed by atoms with Gasteiger partial charge in [0.1, 0.15) is 17.1 Å². The highest BCUT2D eigenvalue weighted by atomic mass is 31.1. The van der Waals surface area contributed by atoms with Gasteiger partial charge >= 0.3 is 6.18 Å². The Balaban J connectivity index is 1.68. The number of anilines is 4. The first-order valence-electron chi connectivity index (χ1n) is 14.0. The van der Waals surface area contributed by atoms with Crippen molar-refractivity contribution in [1.29, 1.82) is 0 Å². The van der Waals surface area contributed by atoms with Crippen molar-refractivity contribution in [2.24, 2.45) is 0 Å². The minimum absolute atomic E-state index is 0.0577. The van der Waals surface area contributed by atoms with Crippen LogP contribution in [-0.2, 0) is 23.4 Å². The molecule has 2 aromatic carbocycles. The molecule has 2 atom stereocenters. The van der Waals surface area contributed by atoms with Crippen LogP contribution in [0.3, 0.4) is 0 Å². The molecule has 1 aromatic heterocycles. The van der Waals surface area contributed by atoms with E-state index in [1.54, 1.807) is 24.1 Å². The zero-order chi connectivity index (χ0) is 30.4. The van der Waals surface area contributed by atoms with Gasteiger partial charge in [-0.15, -0.1) is 0 Å². The molecule has 2 unspecified atom stereocenters. The molecular formula is C30H37F3N5O3P. The Morgan fingerprint density at radius 2 is 1.90 bits per heavy atom. The molecule has 0 saturated heterocycles.